The van der Waals surface area contributed by atoms with E-state index in [-0.39, 0.29) is 36.9 Å². The van der Waals surface area contributed by atoms with Crippen molar-refractivity contribution >= 4 is 33.8 Å². The summed E-state index contributed by atoms with van der Waals surface area (Å²) in [6.07, 6.45) is -2.41. The molecule has 4 N–H and O–H groups in total. The molecule has 0 unspecified atom stereocenters. The average Bonchev–Trinajstić information content (AvgIpc) is 3.35. The third-order valence-electron chi connectivity index (χ3n) is 10.8. The Morgan fingerprint density at radius 3 is 2.18 bits per heavy atom. The Morgan fingerprint density at radius 1 is 1.02 bits per heavy atom. The minimum atomic E-state index is -3.54. The lowest BCUT2D eigenvalue weighted by Gasteiger charge is -2.39. The Morgan fingerprint density at radius 2 is 1.65 bits per heavy atom. The van der Waals surface area contributed by atoms with Crippen LogP contribution in [0.5, 0.6) is 11.5 Å². The number of carbonyl (C=O) groups excluding carboxylic acids is 4. The summed E-state index contributed by atoms with van der Waals surface area (Å²) in [5.74, 6) is -1.32. The number of piperidine rings is 1. The maximum atomic E-state index is 14.4. The topological polar surface area (TPSA) is 175 Å². The number of likely N-dealkylation sites (N-methyl/N-ethyl adjacent to an activating group) is 1. The quantitative estimate of drug-likeness (QED) is 0.186. The molecule has 55 heavy (non-hydrogen) atoms. The van der Waals surface area contributed by atoms with Gasteiger partial charge >= 0.3 is 6.03 Å². The molecule has 2 fully saturated rings. The Balaban J connectivity index is 1.78. The number of hydrogen-bond donors (Lipinski definition) is 4. The number of carbonyl (C=O) groups is 4. The van der Waals surface area contributed by atoms with E-state index in [0.29, 0.717) is 24.5 Å². The molecule has 1 saturated carbocycles. The lowest BCUT2D eigenvalue weighted by molar-refractivity contribution is -0.144. The van der Waals surface area contributed by atoms with Crippen LogP contribution in [0.15, 0.2) is 18.2 Å². The van der Waals surface area contributed by atoms with Gasteiger partial charge < -0.3 is 35.6 Å². The number of halogens is 2. The maximum Gasteiger partial charge on any atom is 0.315 e. The SMILES string of the molecule is CCOc1ccc(CCNC(=O)[C@H](CC(F)F)NC(=O)[C@@H]2[C@@H]3[C@H](CN2C(=O)[C@@H](NC(=O)N[C@H](CN(C)S(C)(=O)=O)C(C)(C)C)C(C)(C)C)C3(C)C)cc1OC. The molecule has 312 valence electrons. The van der Waals surface area contributed by atoms with E-state index in [1.165, 1.54) is 19.1 Å². The third kappa shape index (κ3) is 11.6. The average molecular weight is 801 g/mol. The molecular formula is C38H62F2N6O8S. The molecule has 0 spiro atoms. The van der Waals surface area contributed by atoms with Gasteiger partial charge in [0.2, 0.25) is 34.2 Å². The van der Waals surface area contributed by atoms with Gasteiger partial charge in [-0.05, 0) is 59.1 Å². The van der Waals surface area contributed by atoms with Crippen LogP contribution in [0.4, 0.5) is 13.6 Å². The fourth-order valence-corrected chi connectivity index (χ4v) is 7.57. The van der Waals surface area contributed by atoms with Gasteiger partial charge in [0.1, 0.15) is 18.1 Å². The summed E-state index contributed by atoms with van der Waals surface area (Å²) < 4.78 is 63.9. The van der Waals surface area contributed by atoms with Crippen LogP contribution in [0.1, 0.15) is 74.3 Å². The minimum absolute atomic E-state index is 0.0135. The van der Waals surface area contributed by atoms with Crippen molar-refractivity contribution in [1.82, 2.24) is 30.5 Å². The van der Waals surface area contributed by atoms with Crippen LogP contribution < -0.4 is 30.7 Å². The number of sulfonamides is 1. The molecule has 14 nitrogen and oxygen atoms in total. The fraction of sp³-hybridized carbons (Fsp3) is 0.737. The van der Waals surface area contributed by atoms with Gasteiger partial charge in [0.25, 0.3) is 0 Å². The number of urea groups is 1. The van der Waals surface area contributed by atoms with Crippen LogP contribution in [0, 0.1) is 28.1 Å². The van der Waals surface area contributed by atoms with Gasteiger partial charge in [0.05, 0.1) is 20.0 Å². The van der Waals surface area contributed by atoms with Gasteiger partial charge in [0.15, 0.2) is 11.5 Å². The van der Waals surface area contributed by atoms with Crippen molar-refractivity contribution in [2.75, 3.05) is 46.7 Å². The molecule has 6 atom stereocenters. The van der Waals surface area contributed by atoms with Crippen LogP contribution in [0.25, 0.3) is 0 Å². The molecule has 1 heterocycles. The predicted molar refractivity (Wildman–Crippen MR) is 205 cm³/mol. The van der Waals surface area contributed by atoms with Crippen LogP contribution in [0.2, 0.25) is 0 Å². The van der Waals surface area contributed by atoms with Crippen LogP contribution >= 0.6 is 0 Å². The first-order chi connectivity index (χ1) is 25.2. The van der Waals surface area contributed by atoms with Gasteiger partial charge in [0, 0.05) is 39.1 Å². The highest BCUT2D eigenvalue weighted by Crippen LogP contribution is 2.65. The molecule has 1 saturated heterocycles. The molecule has 17 heteroatoms. The molecule has 1 aromatic carbocycles. The van der Waals surface area contributed by atoms with Gasteiger partial charge in [-0.1, -0.05) is 61.5 Å². The number of nitrogens with one attached hydrogen (secondary N) is 4. The van der Waals surface area contributed by atoms with E-state index < -0.39 is 81.6 Å². The van der Waals surface area contributed by atoms with Crippen molar-refractivity contribution in [3.8, 4) is 11.5 Å². The second-order valence-corrected chi connectivity index (χ2v) is 19.5. The number of rotatable bonds is 17. The zero-order valence-corrected chi connectivity index (χ0v) is 35.2. The summed E-state index contributed by atoms with van der Waals surface area (Å²) in [4.78, 5) is 56.6. The number of fused-ring (bicyclic) bond motifs is 1. The standard InChI is InChI=1S/C38H62F2N6O8S/c1-13-54-25-15-14-22(18-26(25)53-11)16-17-41-32(47)24(19-28(39)40)42-33(48)30-29-23(38(29,8)9)20-46(30)34(49)31(37(5,6)7)44-35(50)43-27(36(2,3)4)21-45(10)55(12,51)52/h14-15,18,23-24,27-31H,13,16-17,19-21H2,1-12H3,(H,41,47)(H,42,48)(H2,43,44,50)/t23-,24-,27+,29-,30-,31+/m0/s1. The largest absolute Gasteiger partial charge is 0.493 e. The highest BCUT2D eigenvalue weighted by Gasteiger charge is 2.70. The van der Waals surface area contributed by atoms with E-state index in [4.69, 9.17) is 9.47 Å². The number of likely N-dealkylation sites (tertiary alicyclic amines) is 1. The monoisotopic (exact) mass is 800 g/mol. The van der Waals surface area contributed by atoms with Crippen molar-refractivity contribution in [1.29, 1.82) is 0 Å². The second-order valence-electron chi connectivity index (χ2n) is 17.4. The van der Waals surface area contributed by atoms with E-state index in [0.717, 1.165) is 16.1 Å². The van der Waals surface area contributed by atoms with E-state index >= 15 is 0 Å². The maximum absolute atomic E-state index is 14.4. The summed E-state index contributed by atoms with van der Waals surface area (Å²) >= 11 is 0. The number of hydrogen-bond acceptors (Lipinski definition) is 8. The molecule has 2 aliphatic rings. The zero-order chi connectivity index (χ0) is 41.8. The Hall–Kier alpha value is -3.73. The van der Waals surface area contributed by atoms with Crippen LogP contribution in [0.3, 0.4) is 0 Å². The first kappa shape index (κ1) is 45.7. The summed E-state index contributed by atoms with van der Waals surface area (Å²) in [5.41, 5.74) is -0.926. The lowest BCUT2D eigenvalue weighted by Crippen LogP contribution is -2.62. The molecule has 1 aromatic rings. The zero-order valence-electron chi connectivity index (χ0n) is 34.3. The third-order valence-corrected chi connectivity index (χ3v) is 12.1. The Kier molecular flexibility index (Phi) is 14.6. The molecule has 0 radical (unpaired) electrons. The summed E-state index contributed by atoms with van der Waals surface area (Å²) in [6, 6.07) is 0.218. The van der Waals surface area contributed by atoms with E-state index in [2.05, 4.69) is 21.3 Å². The van der Waals surface area contributed by atoms with Crippen molar-refractivity contribution in [2.24, 2.45) is 28.1 Å². The highest BCUT2D eigenvalue weighted by atomic mass is 32.2. The molecule has 0 bridgehead atoms. The minimum Gasteiger partial charge on any atom is -0.493 e. The van der Waals surface area contributed by atoms with Crippen molar-refractivity contribution < 1.29 is 45.9 Å². The number of benzene rings is 1. The Bertz CT molecular complexity index is 1660. The second kappa shape index (κ2) is 17.6. The van der Waals surface area contributed by atoms with Crippen LogP contribution in [-0.2, 0) is 30.8 Å². The number of alkyl halides is 2. The molecule has 1 aliphatic heterocycles. The Labute approximate surface area is 325 Å². The summed E-state index contributed by atoms with van der Waals surface area (Å²) in [7, 11) is -0.621. The van der Waals surface area contributed by atoms with Crippen molar-refractivity contribution in [3.05, 3.63) is 23.8 Å². The van der Waals surface area contributed by atoms with E-state index in [1.54, 1.807) is 32.9 Å². The van der Waals surface area contributed by atoms with Crippen molar-refractivity contribution in [3.63, 3.8) is 0 Å². The number of amides is 5. The molecule has 1 aliphatic carbocycles. The normalized spacial score (nSPS) is 20.9. The van der Waals surface area contributed by atoms with Gasteiger partial charge in [-0.15, -0.1) is 0 Å². The lowest BCUT2D eigenvalue weighted by atomic mass is 9.85. The van der Waals surface area contributed by atoms with E-state index in [9.17, 15) is 36.4 Å². The number of nitrogens with zero attached hydrogens (tertiary/aromatic N) is 2. The summed E-state index contributed by atoms with van der Waals surface area (Å²) in [5, 5.41) is 10.8. The van der Waals surface area contributed by atoms with Gasteiger partial charge in [-0.3, -0.25) is 14.4 Å². The molecule has 5 amide bonds. The number of ether oxygens (including phenoxy) is 2. The van der Waals surface area contributed by atoms with Gasteiger partial charge in [-0.2, -0.15) is 0 Å². The van der Waals surface area contributed by atoms with Crippen molar-refractivity contribution in [2.45, 2.75) is 106 Å². The first-order valence-corrected chi connectivity index (χ1v) is 20.5. The first-order valence-electron chi connectivity index (χ1n) is 18.7. The molecule has 3 rings (SSSR count). The predicted octanol–water partition coefficient (Wildman–Crippen LogP) is 3.40. The summed E-state index contributed by atoms with van der Waals surface area (Å²) in [6.45, 7) is 17.4. The molecule has 0 aromatic heterocycles. The highest BCUT2D eigenvalue weighted by molar-refractivity contribution is 7.88. The number of methoxy groups -OCH3 is 1. The van der Waals surface area contributed by atoms with E-state index in [1.807, 2.05) is 47.6 Å². The molecular weight excluding hydrogens is 739 g/mol. The smallest absolute Gasteiger partial charge is 0.315 e. The fourth-order valence-electron chi connectivity index (χ4n) is 7.15. The van der Waals surface area contributed by atoms with Crippen LogP contribution in [-0.4, -0.2) is 119 Å². The van der Waals surface area contributed by atoms with Gasteiger partial charge in [-0.25, -0.2) is 26.3 Å².